The van der Waals surface area contributed by atoms with Gasteiger partial charge in [0.15, 0.2) is 0 Å². The summed E-state index contributed by atoms with van der Waals surface area (Å²) >= 11 is 0. The molecule has 1 heterocycles. The van der Waals surface area contributed by atoms with Crippen LogP contribution in [0.4, 0.5) is 0 Å². The quantitative estimate of drug-likeness (QED) is 0.756. The minimum absolute atomic E-state index is 0.123. The first kappa shape index (κ1) is 14.1. The Morgan fingerprint density at radius 1 is 1.10 bits per heavy atom. The van der Waals surface area contributed by atoms with Crippen LogP contribution in [0.2, 0.25) is 0 Å². The Kier molecular flexibility index (Phi) is 3.64. The van der Waals surface area contributed by atoms with E-state index in [1.165, 1.54) is 31.2 Å². The SMILES string of the molecule is CC(C)C1CCC(c2ccccc2)(C2(C)COO2)CC1. The van der Waals surface area contributed by atoms with Gasteiger partial charge in [-0.25, -0.2) is 9.78 Å². The summed E-state index contributed by atoms with van der Waals surface area (Å²) in [6.45, 7) is 7.64. The highest BCUT2D eigenvalue weighted by Crippen LogP contribution is 2.53. The molecular weight excluding hydrogens is 248 g/mol. The molecule has 1 aliphatic heterocycles. The van der Waals surface area contributed by atoms with Crippen molar-refractivity contribution < 1.29 is 9.78 Å². The molecule has 1 saturated heterocycles. The van der Waals surface area contributed by atoms with Crippen LogP contribution in [-0.4, -0.2) is 12.2 Å². The van der Waals surface area contributed by atoms with Gasteiger partial charge in [-0.15, -0.1) is 0 Å². The molecule has 3 rings (SSSR count). The lowest BCUT2D eigenvalue weighted by atomic mass is 9.57. The van der Waals surface area contributed by atoms with Crippen molar-refractivity contribution in [2.24, 2.45) is 11.8 Å². The molecule has 1 aromatic rings. The first-order chi connectivity index (χ1) is 9.57. The molecule has 1 aromatic carbocycles. The van der Waals surface area contributed by atoms with Crippen molar-refractivity contribution >= 4 is 0 Å². The number of rotatable bonds is 3. The lowest BCUT2D eigenvalue weighted by Gasteiger charge is -2.55. The summed E-state index contributed by atoms with van der Waals surface area (Å²) in [6, 6.07) is 10.9. The highest BCUT2D eigenvalue weighted by Gasteiger charge is 2.57. The van der Waals surface area contributed by atoms with Crippen molar-refractivity contribution in [1.82, 2.24) is 0 Å². The summed E-state index contributed by atoms with van der Waals surface area (Å²) in [4.78, 5) is 10.7. The third-order valence-electron chi connectivity index (χ3n) is 5.74. The fourth-order valence-corrected chi connectivity index (χ4v) is 4.13. The highest BCUT2D eigenvalue weighted by molar-refractivity contribution is 5.31. The van der Waals surface area contributed by atoms with Gasteiger partial charge in [0.1, 0.15) is 12.2 Å². The molecule has 0 radical (unpaired) electrons. The molecule has 2 heteroatoms. The van der Waals surface area contributed by atoms with Gasteiger partial charge in [-0.05, 0) is 50.0 Å². The van der Waals surface area contributed by atoms with Crippen molar-refractivity contribution in [3.8, 4) is 0 Å². The average molecular weight is 274 g/mol. The molecule has 20 heavy (non-hydrogen) atoms. The second kappa shape index (κ2) is 5.16. The van der Waals surface area contributed by atoms with Crippen LogP contribution in [0.25, 0.3) is 0 Å². The molecule has 110 valence electrons. The molecular formula is C18H26O2. The van der Waals surface area contributed by atoms with Gasteiger partial charge in [0, 0.05) is 5.41 Å². The van der Waals surface area contributed by atoms with E-state index in [-0.39, 0.29) is 11.0 Å². The summed E-state index contributed by atoms with van der Waals surface area (Å²) in [5, 5.41) is 0. The topological polar surface area (TPSA) is 18.5 Å². The van der Waals surface area contributed by atoms with Crippen LogP contribution < -0.4 is 0 Å². The van der Waals surface area contributed by atoms with Crippen molar-refractivity contribution in [2.75, 3.05) is 6.61 Å². The summed E-state index contributed by atoms with van der Waals surface area (Å²) in [5.41, 5.74) is 1.39. The lowest BCUT2D eigenvalue weighted by molar-refractivity contribution is -0.484. The van der Waals surface area contributed by atoms with Crippen molar-refractivity contribution in [2.45, 2.75) is 57.5 Å². The zero-order valence-corrected chi connectivity index (χ0v) is 12.9. The Morgan fingerprint density at radius 2 is 1.70 bits per heavy atom. The third kappa shape index (κ3) is 2.10. The zero-order chi connectivity index (χ0) is 14.2. The van der Waals surface area contributed by atoms with E-state index in [1.807, 2.05) is 0 Å². The average Bonchev–Trinajstić information content (AvgIpc) is 2.45. The standard InChI is InChI=1S/C18H26O2/c1-14(2)15-9-11-18(12-10-15,17(3)13-19-20-17)16-7-5-4-6-8-16/h4-8,14-15H,9-13H2,1-3H3. The highest BCUT2D eigenvalue weighted by atomic mass is 17.2. The molecule has 0 bridgehead atoms. The molecule has 0 aromatic heterocycles. The molecule has 1 aliphatic carbocycles. The Bertz CT molecular complexity index is 440. The fraction of sp³-hybridized carbons (Fsp3) is 0.667. The maximum atomic E-state index is 5.61. The maximum absolute atomic E-state index is 5.61. The van der Waals surface area contributed by atoms with Crippen molar-refractivity contribution in [3.63, 3.8) is 0 Å². The van der Waals surface area contributed by atoms with Gasteiger partial charge in [-0.1, -0.05) is 44.2 Å². The monoisotopic (exact) mass is 274 g/mol. The Morgan fingerprint density at radius 3 is 2.15 bits per heavy atom. The van der Waals surface area contributed by atoms with Gasteiger partial charge in [0.2, 0.25) is 0 Å². The van der Waals surface area contributed by atoms with Gasteiger partial charge >= 0.3 is 0 Å². The van der Waals surface area contributed by atoms with Crippen LogP contribution in [0.5, 0.6) is 0 Å². The maximum Gasteiger partial charge on any atom is 0.137 e. The van der Waals surface area contributed by atoms with Crippen molar-refractivity contribution in [3.05, 3.63) is 35.9 Å². The van der Waals surface area contributed by atoms with E-state index in [9.17, 15) is 0 Å². The van der Waals surface area contributed by atoms with Crippen LogP contribution in [0.1, 0.15) is 52.0 Å². The normalized spacial score (nSPS) is 37.7. The summed E-state index contributed by atoms with van der Waals surface area (Å²) in [5.74, 6) is 1.64. The molecule has 2 fully saturated rings. The molecule has 1 unspecified atom stereocenters. The largest absolute Gasteiger partial charge is 0.233 e. The van der Waals surface area contributed by atoms with E-state index < -0.39 is 0 Å². The molecule has 2 nitrogen and oxygen atoms in total. The second-order valence-corrected chi connectivity index (χ2v) is 7.11. The van der Waals surface area contributed by atoms with Gasteiger partial charge < -0.3 is 0 Å². The molecule has 2 aliphatic rings. The van der Waals surface area contributed by atoms with Gasteiger partial charge in [0.25, 0.3) is 0 Å². The predicted octanol–water partition coefficient (Wildman–Crippen LogP) is 4.49. The Hall–Kier alpha value is -0.860. The van der Waals surface area contributed by atoms with Crippen LogP contribution in [-0.2, 0) is 15.2 Å². The van der Waals surface area contributed by atoms with E-state index >= 15 is 0 Å². The minimum atomic E-state index is -0.156. The van der Waals surface area contributed by atoms with E-state index in [1.54, 1.807) is 0 Å². The zero-order valence-electron chi connectivity index (χ0n) is 12.9. The third-order valence-corrected chi connectivity index (χ3v) is 5.74. The Labute approximate surface area is 122 Å². The minimum Gasteiger partial charge on any atom is -0.233 e. The molecule has 1 saturated carbocycles. The molecule has 0 amide bonds. The fourth-order valence-electron chi connectivity index (χ4n) is 4.13. The van der Waals surface area contributed by atoms with Crippen LogP contribution in [0, 0.1) is 11.8 Å². The molecule has 0 N–H and O–H groups in total. The number of hydrogen-bond acceptors (Lipinski definition) is 2. The summed E-state index contributed by atoms with van der Waals surface area (Å²) in [6.07, 6.45) is 5.01. The van der Waals surface area contributed by atoms with E-state index in [4.69, 9.17) is 9.78 Å². The summed E-state index contributed by atoms with van der Waals surface area (Å²) < 4.78 is 0. The first-order valence-corrected chi connectivity index (χ1v) is 7.94. The van der Waals surface area contributed by atoms with E-state index in [2.05, 4.69) is 51.1 Å². The lowest BCUT2D eigenvalue weighted by Crippen LogP contribution is -2.61. The first-order valence-electron chi connectivity index (χ1n) is 7.94. The number of hydrogen-bond donors (Lipinski definition) is 0. The van der Waals surface area contributed by atoms with E-state index in [0.717, 1.165) is 11.8 Å². The van der Waals surface area contributed by atoms with Gasteiger partial charge in [0.05, 0.1) is 0 Å². The van der Waals surface area contributed by atoms with Gasteiger partial charge in [-0.3, -0.25) is 0 Å². The van der Waals surface area contributed by atoms with Crippen LogP contribution in [0.3, 0.4) is 0 Å². The second-order valence-electron chi connectivity index (χ2n) is 7.11. The molecule has 1 atom stereocenters. The smallest absolute Gasteiger partial charge is 0.137 e. The predicted molar refractivity (Wildman–Crippen MR) is 80.4 cm³/mol. The molecule has 0 spiro atoms. The van der Waals surface area contributed by atoms with Crippen LogP contribution >= 0.6 is 0 Å². The van der Waals surface area contributed by atoms with Crippen molar-refractivity contribution in [1.29, 1.82) is 0 Å². The van der Waals surface area contributed by atoms with E-state index in [0.29, 0.717) is 6.61 Å². The Balaban J connectivity index is 1.91. The van der Waals surface area contributed by atoms with Crippen LogP contribution in [0.15, 0.2) is 30.3 Å². The number of benzene rings is 1. The summed E-state index contributed by atoms with van der Waals surface area (Å²) in [7, 11) is 0. The van der Waals surface area contributed by atoms with Gasteiger partial charge in [-0.2, -0.15) is 0 Å².